The van der Waals surface area contributed by atoms with Crippen molar-refractivity contribution in [2.24, 2.45) is 11.7 Å². The molecular formula is C6H11NO2. The van der Waals surface area contributed by atoms with Crippen LogP contribution in [0.3, 0.4) is 0 Å². The molecule has 1 heterocycles. The van der Waals surface area contributed by atoms with Crippen LogP contribution in [0, 0.1) is 5.92 Å². The maximum Gasteiger partial charge on any atom is 0.323 e. The second kappa shape index (κ2) is 1.99. The lowest BCUT2D eigenvalue weighted by Gasteiger charge is -2.06. The zero-order chi connectivity index (χ0) is 7.02. The van der Waals surface area contributed by atoms with Crippen molar-refractivity contribution in [2.45, 2.75) is 26.0 Å². The summed E-state index contributed by atoms with van der Waals surface area (Å²) in [5, 5.41) is 0. The average molecular weight is 129 g/mol. The van der Waals surface area contributed by atoms with Crippen LogP contribution in [-0.2, 0) is 9.53 Å². The average Bonchev–Trinajstić information content (AvgIpc) is 1.98. The number of nitrogens with two attached hydrogens (primary N) is 1. The van der Waals surface area contributed by atoms with E-state index in [0.29, 0.717) is 0 Å². The number of rotatable bonds is 0. The number of ether oxygens (including phenoxy) is 1. The van der Waals surface area contributed by atoms with Crippen LogP contribution in [0.1, 0.15) is 13.8 Å². The molecule has 3 heteroatoms. The molecule has 0 bridgehead atoms. The van der Waals surface area contributed by atoms with Gasteiger partial charge in [0.05, 0.1) is 0 Å². The van der Waals surface area contributed by atoms with E-state index in [2.05, 4.69) is 0 Å². The van der Waals surface area contributed by atoms with Crippen LogP contribution in [-0.4, -0.2) is 18.1 Å². The van der Waals surface area contributed by atoms with Crippen LogP contribution in [0.2, 0.25) is 0 Å². The fourth-order valence-electron chi connectivity index (χ4n) is 0.876. The lowest BCUT2D eigenvalue weighted by Crippen LogP contribution is -2.31. The Hall–Kier alpha value is -0.570. The Morgan fingerprint density at radius 3 is 2.22 bits per heavy atom. The van der Waals surface area contributed by atoms with E-state index in [1.807, 2.05) is 13.8 Å². The Balaban J connectivity index is 2.65. The van der Waals surface area contributed by atoms with Crippen molar-refractivity contribution >= 4 is 5.97 Å². The first-order valence-corrected chi connectivity index (χ1v) is 3.09. The predicted molar refractivity (Wildman–Crippen MR) is 32.7 cm³/mol. The molecular weight excluding hydrogens is 118 g/mol. The van der Waals surface area contributed by atoms with Crippen molar-refractivity contribution in [1.29, 1.82) is 0 Å². The van der Waals surface area contributed by atoms with E-state index in [1.165, 1.54) is 0 Å². The fourth-order valence-corrected chi connectivity index (χ4v) is 0.876. The first kappa shape index (κ1) is 6.55. The van der Waals surface area contributed by atoms with Crippen molar-refractivity contribution < 1.29 is 9.53 Å². The summed E-state index contributed by atoms with van der Waals surface area (Å²) in [6, 6.07) is -0.403. The Bertz CT molecular complexity index is 135. The monoisotopic (exact) mass is 129 g/mol. The molecule has 0 aromatic rings. The molecule has 3 nitrogen and oxygen atoms in total. The van der Waals surface area contributed by atoms with E-state index in [4.69, 9.17) is 10.5 Å². The third-order valence-corrected chi connectivity index (χ3v) is 1.88. The van der Waals surface area contributed by atoms with Crippen LogP contribution in [0.25, 0.3) is 0 Å². The van der Waals surface area contributed by atoms with Gasteiger partial charge in [-0.25, -0.2) is 0 Å². The van der Waals surface area contributed by atoms with Crippen LogP contribution in [0.15, 0.2) is 0 Å². The van der Waals surface area contributed by atoms with E-state index in [-0.39, 0.29) is 18.0 Å². The second-order valence-electron chi connectivity index (χ2n) is 2.53. The molecule has 0 saturated carbocycles. The quantitative estimate of drug-likeness (QED) is 0.464. The van der Waals surface area contributed by atoms with Crippen LogP contribution < -0.4 is 5.73 Å². The van der Waals surface area contributed by atoms with E-state index in [0.717, 1.165) is 0 Å². The number of cyclic esters (lactones) is 1. The molecule has 0 aromatic carbocycles. The summed E-state index contributed by atoms with van der Waals surface area (Å²) in [5.74, 6) is -0.104. The van der Waals surface area contributed by atoms with Gasteiger partial charge in [0.25, 0.3) is 0 Å². The SMILES string of the molecule is CC1[C@@H](C)OC(=O)[C@@H]1N. The summed E-state index contributed by atoms with van der Waals surface area (Å²) in [6.45, 7) is 3.77. The maximum absolute atomic E-state index is 10.6. The number of hydrogen-bond donors (Lipinski definition) is 1. The lowest BCUT2D eigenvalue weighted by molar-refractivity contribution is -0.141. The van der Waals surface area contributed by atoms with Crippen LogP contribution in [0.5, 0.6) is 0 Å². The van der Waals surface area contributed by atoms with Crippen LogP contribution in [0.4, 0.5) is 0 Å². The Morgan fingerprint density at radius 1 is 1.56 bits per heavy atom. The molecule has 0 radical (unpaired) electrons. The third-order valence-electron chi connectivity index (χ3n) is 1.88. The van der Waals surface area contributed by atoms with Gasteiger partial charge in [0.15, 0.2) is 0 Å². The van der Waals surface area contributed by atoms with Gasteiger partial charge in [-0.3, -0.25) is 4.79 Å². The smallest absolute Gasteiger partial charge is 0.323 e. The largest absolute Gasteiger partial charge is 0.461 e. The Kier molecular flexibility index (Phi) is 1.45. The van der Waals surface area contributed by atoms with Gasteiger partial charge in [-0.05, 0) is 6.92 Å². The summed E-state index contributed by atoms with van der Waals surface area (Å²) < 4.78 is 4.82. The highest BCUT2D eigenvalue weighted by atomic mass is 16.6. The van der Waals surface area contributed by atoms with Gasteiger partial charge in [-0.15, -0.1) is 0 Å². The first-order valence-electron chi connectivity index (χ1n) is 3.09. The van der Waals surface area contributed by atoms with Gasteiger partial charge < -0.3 is 10.5 Å². The Labute approximate surface area is 54.2 Å². The van der Waals surface area contributed by atoms with Gasteiger partial charge in [0.1, 0.15) is 12.1 Å². The molecule has 1 rings (SSSR count). The fraction of sp³-hybridized carbons (Fsp3) is 0.833. The minimum absolute atomic E-state index is 0.00694. The topological polar surface area (TPSA) is 52.3 Å². The minimum Gasteiger partial charge on any atom is -0.461 e. The number of carbonyl (C=O) groups excluding carboxylic acids is 1. The summed E-state index contributed by atoms with van der Waals surface area (Å²) in [4.78, 5) is 10.6. The molecule has 0 spiro atoms. The zero-order valence-corrected chi connectivity index (χ0v) is 5.63. The zero-order valence-electron chi connectivity index (χ0n) is 5.63. The highest BCUT2D eigenvalue weighted by molar-refractivity contribution is 5.78. The molecule has 0 amide bonds. The summed E-state index contributed by atoms with van der Waals surface area (Å²) >= 11 is 0. The normalized spacial score (nSPS) is 43.0. The van der Waals surface area contributed by atoms with Gasteiger partial charge in [0, 0.05) is 5.92 Å². The summed E-state index contributed by atoms with van der Waals surface area (Å²) in [6.07, 6.45) is -0.00694. The molecule has 1 unspecified atom stereocenters. The third kappa shape index (κ3) is 0.920. The van der Waals surface area contributed by atoms with E-state index in [9.17, 15) is 4.79 Å². The molecule has 9 heavy (non-hydrogen) atoms. The molecule has 52 valence electrons. The molecule has 0 aliphatic carbocycles. The van der Waals surface area contributed by atoms with Gasteiger partial charge >= 0.3 is 5.97 Å². The number of esters is 1. The van der Waals surface area contributed by atoms with Crippen molar-refractivity contribution in [1.82, 2.24) is 0 Å². The van der Waals surface area contributed by atoms with Gasteiger partial charge in [0.2, 0.25) is 0 Å². The first-order chi connectivity index (χ1) is 4.13. The van der Waals surface area contributed by atoms with Crippen molar-refractivity contribution in [2.75, 3.05) is 0 Å². The van der Waals surface area contributed by atoms with E-state index < -0.39 is 6.04 Å². The predicted octanol–water partition coefficient (Wildman–Crippen LogP) is -0.105. The number of carbonyl (C=O) groups is 1. The lowest BCUT2D eigenvalue weighted by atomic mass is 10.0. The number of hydrogen-bond acceptors (Lipinski definition) is 3. The molecule has 1 saturated heterocycles. The van der Waals surface area contributed by atoms with Crippen molar-refractivity contribution in [3.63, 3.8) is 0 Å². The molecule has 2 N–H and O–H groups in total. The Morgan fingerprint density at radius 2 is 2.11 bits per heavy atom. The summed E-state index contributed by atoms with van der Waals surface area (Å²) in [7, 11) is 0. The highest BCUT2D eigenvalue weighted by Crippen LogP contribution is 2.19. The van der Waals surface area contributed by atoms with Gasteiger partial charge in [-0.1, -0.05) is 6.92 Å². The standard InChI is InChI=1S/C6H11NO2/c1-3-4(2)9-6(8)5(3)7/h3-5H,7H2,1-2H3/t3?,4-,5-/m1/s1. The van der Waals surface area contributed by atoms with E-state index in [1.54, 1.807) is 0 Å². The highest BCUT2D eigenvalue weighted by Gasteiger charge is 2.36. The van der Waals surface area contributed by atoms with Crippen molar-refractivity contribution in [3.05, 3.63) is 0 Å². The molecule has 0 aromatic heterocycles. The van der Waals surface area contributed by atoms with Crippen LogP contribution >= 0.6 is 0 Å². The maximum atomic E-state index is 10.6. The molecule has 3 atom stereocenters. The second-order valence-corrected chi connectivity index (χ2v) is 2.53. The molecule has 1 aliphatic rings. The molecule has 1 aliphatic heterocycles. The minimum atomic E-state index is -0.403. The van der Waals surface area contributed by atoms with Gasteiger partial charge in [-0.2, -0.15) is 0 Å². The van der Waals surface area contributed by atoms with E-state index >= 15 is 0 Å². The van der Waals surface area contributed by atoms with Crippen molar-refractivity contribution in [3.8, 4) is 0 Å². The summed E-state index contributed by atoms with van der Waals surface area (Å²) in [5.41, 5.74) is 5.44. The molecule has 1 fully saturated rings.